The number of amides is 1. The summed E-state index contributed by atoms with van der Waals surface area (Å²) in [5.41, 5.74) is -0.393. The second-order valence-electron chi connectivity index (χ2n) is 16.1. The van der Waals surface area contributed by atoms with E-state index in [-0.39, 0.29) is 46.9 Å². The van der Waals surface area contributed by atoms with Crippen LogP contribution in [-0.4, -0.2) is 58.1 Å². The fourth-order valence-electron chi connectivity index (χ4n) is 8.76. The van der Waals surface area contributed by atoms with Crippen LogP contribution in [0.3, 0.4) is 0 Å². The summed E-state index contributed by atoms with van der Waals surface area (Å²) in [7, 11) is 0. The fraction of sp³-hybridized carbons (Fsp3) is 0.512. The van der Waals surface area contributed by atoms with Crippen molar-refractivity contribution in [2.45, 2.75) is 116 Å². The van der Waals surface area contributed by atoms with Gasteiger partial charge in [-0.05, 0) is 99.6 Å². The number of phenolic OH excluding ortho intramolecular Hbond substituents is 1. The summed E-state index contributed by atoms with van der Waals surface area (Å²) in [5.74, 6) is -1.25. The minimum atomic E-state index is -1.58. The van der Waals surface area contributed by atoms with Gasteiger partial charge in [-0.2, -0.15) is 0 Å². The number of phenols is 1. The van der Waals surface area contributed by atoms with E-state index in [2.05, 4.69) is 31.8 Å². The molecule has 7 rings (SSSR count). The number of aromatic hydroxyl groups is 1. The molecule has 4 bridgehead atoms. The Bertz CT molecular complexity index is 1870. The predicted octanol–water partition coefficient (Wildman–Crippen LogP) is 7.82. The highest BCUT2D eigenvalue weighted by atomic mass is 16.6. The summed E-state index contributed by atoms with van der Waals surface area (Å²) in [6.07, 6.45) is 15.8. The maximum absolute atomic E-state index is 14.9. The highest BCUT2D eigenvalue weighted by molar-refractivity contribution is 6.19. The lowest BCUT2D eigenvalue weighted by atomic mass is 9.51. The Morgan fingerprint density at radius 2 is 1.79 bits per heavy atom. The molecule has 278 valence electrons. The van der Waals surface area contributed by atoms with Crippen LogP contribution in [0.2, 0.25) is 0 Å². The van der Waals surface area contributed by atoms with Crippen LogP contribution in [0.5, 0.6) is 17.2 Å². The molecule has 5 atom stereocenters. The van der Waals surface area contributed by atoms with Gasteiger partial charge in [0.15, 0.2) is 22.8 Å². The molecule has 2 N–H and O–H groups in total. The average molecular weight is 712 g/mol. The molecule has 1 saturated heterocycles. The number of hydrogen-bond acceptors (Lipinski definition) is 8. The maximum atomic E-state index is 14.9. The quantitative estimate of drug-likeness (QED) is 0.0920. The number of benzene rings is 1. The van der Waals surface area contributed by atoms with Gasteiger partial charge in [0.1, 0.15) is 28.4 Å². The Kier molecular flexibility index (Phi) is 9.75. The molecule has 3 heterocycles. The molecule has 1 amide bonds. The third kappa shape index (κ3) is 5.95. The van der Waals surface area contributed by atoms with Crippen molar-refractivity contribution in [2.75, 3.05) is 13.2 Å². The molecule has 2 fully saturated rings. The van der Waals surface area contributed by atoms with E-state index in [1.807, 2.05) is 52.8 Å². The molecule has 52 heavy (non-hydrogen) atoms. The van der Waals surface area contributed by atoms with E-state index in [1.165, 1.54) is 11.8 Å². The lowest BCUT2D eigenvalue weighted by Crippen LogP contribution is -2.72. The van der Waals surface area contributed by atoms with Crippen LogP contribution in [0.15, 0.2) is 65.5 Å². The molecule has 5 unspecified atom stereocenters. The lowest BCUT2D eigenvalue weighted by molar-refractivity contribution is -0.171. The van der Waals surface area contributed by atoms with Crippen LogP contribution < -0.4 is 14.8 Å². The molecule has 1 aromatic rings. The Labute approximate surface area is 307 Å². The van der Waals surface area contributed by atoms with Crippen molar-refractivity contribution in [3.8, 4) is 17.2 Å². The molecule has 1 aromatic carbocycles. The summed E-state index contributed by atoms with van der Waals surface area (Å²) < 4.78 is 26.1. The first-order chi connectivity index (χ1) is 24.5. The van der Waals surface area contributed by atoms with Gasteiger partial charge in [0.25, 0.3) is 0 Å². The molecule has 9 nitrogen and oxygen atoms in total. The van der Waals surface area contributed by atoms with Crippen molar-refractivity contribution in [3.63, 3.8) is 0 Å². The van der Waals surface area contributed by atoms with Gasteiger partial charge < -0.3 is 29.4 Å². The first-order valence-electron chi connectivity index (χ1n) is 18.5. The molecular formula is C43H53NO8. The Morgan fingerprint density at radius 1 is 1.06 bits per heavy atom. The molecule has 3 aliphatic carbocycles. The zero-order valence-electron chi connectivity index (χ0n) is 31.9. The van der Waals surface area contributed by atoms with Crippen LogP contribution in [0.1, 0.15) is 109 Å². The van der Waals surface area contributed by atoms with E-state index >= 15 is 0 Å². The van der Waals surface area contributed by atoms with Crippen LogP contribution >= 0.6 is 0 Å². The third-order valence-corrected chi connectivity index (χ3v) is 11.3. The highest BCUT2D eigenvalue weighted by Crippen LogP contribution is 2.68. The number of Topliss-reactive ketones (excluding diaryl/α,β-unsaturated/α-hetero) is 2. The Hall–Kier alpha value is -4.37. The molecule has 9 heteroatoms. The first kappa shape index (κ1) is 37.4. The zero-order valence-corrected chi connectivity index (χ0v) is 31.9. The topological polar surface area (TPSA) is 120 Å². The second-order valence-corrected chi connectivity index (χ2v) is 16.1. The standard InChI is InChI=1S/C43H53NO8/c1-10-49-22-12-21-44-39(48)27(6)16-20-42-38(47)28-23-31-35(46)33-34(45)29-17-19-41(9,18-11-13-25(2)3)50-36(29)30(15-14-26(4)5)37(33)51-43(31,42)32(24-28)40(7,8)52-42/h10,13-14,16-17,19,23,28,32,45H,1,11-12,15,18,20-22,24H2,2-9H3,(H,44,48). The summed E-state index contributed by atoms with van der Waals surface area (Å²) in [5, 5.41) is 14.8. The summed E-state index contributed by atoms with van der Waals surface area (Å²) in [6, 6.07) is 0. The molecule has 1 spiro atoms. The summed E-state index contributed by atoms with van der Waals surface area (Å²) >= 11 is 0. The van der Waals surface area contributed by atoms with E-state index in [0.717, 1.165) is 12.0 Å². The van der Waals surface area contributed by atoms with E-state index in [1.54, 1.807) is 19.1 Å². The number of rotatable bonds is 13. The van der Waals surface area contributed by atoms with E-state index in [9.17, 15) is 19.5 Å². The molecule has 0 radical (unpaired) electrons. The highest BCUT2D eigenvalue weighted by Gasteiger charge is 2.81. The van der Waals surface area contributed by atoms with E-state index in [4.69, 9.17) is 18.9 Å². The van der Waals surface area contributed by atoms with E-state index < -0.39 is 28.3 Å². The normalized spacial score (nSPS) is 28.8. The van der Waals surface area contributed by atoms with Gasteiger partial charge in [0, 0.05) is 41.5 Å². The van der Waals surface area contributed by atoms with Crippen LogP contribution in [0.25, 0.3) is 6.08 Å². The van der Waals surface area contributed by atoms with Gasteiger partial charge in [0.2, 0.25) is 5.91 Å². The van der Waals surface area contributed by atoms with Gasteiger partial charge in [-0.25, -0.2) is 0 Å². The first-order valence-corrected chi connectivity index (χ1v) is 18.5. The fourth-order valence-corrected chi connectivity index (χ4v) is 8.76. The number of allylic oxidation sites excluding steroid dienone is 5. The summed E-state index contributed by atoms with van der Waals surface area (Å²) in [6.45, 7) is 20.1. The number of carbonyl (C=O) groups is 3. The SMILES string of the molecule is C=COCCCNC(=O)C(C)=CCC12OC(C)(C)C3CC(C=C4C(=O)c5c(O)c6c(c(CC=C(C)C)c5OC431)OC(C)(CCC=C(C)C)C=C6)C2=O. The maximum Gasteiger partial charge on any atom is 0.246 e. The number of fused-ring (bicyclic) bond motifs is 2. The monoisotopic (exact) mass is 711 g/mol. The Balaban J connectivity index is 1.47. The zero-order chi connectivity index (χ0) is 37.8. The van der Waals surface area contributed by atoms with Gasteiger partial charge in [-0.3, -0.25) is 14.4 Å². The number of nitrogens with one attached hydrogen (secondary N) is 1. The van der Waals surface area contributed by atoms with Crippen LogP contribution in [0.4, 0.5) is 0 Å². The average Bonchev–Trinajstić information content (AvgIpc) is 3.23. The van der Waals surface area contributed by atoms with Crippen molar-refractivity contribution in [3.05, 3.63) is 82.2 Å². The van der Waals surface area contributed by atoms with E-state index in [0.29, 0.717) is 66.9 Å². The van der Waals surface area contributed by atoms with Gasteiger partial charge >= 0.3 is 0 Å². The number of ketones is 2. The van der Waals surface area contributed by atoms with Gasteiger partial charge in [0.05, 0.1) is 24.0 Å². The Morgan fingerprint density at radius 3 is 2.48 bits per heavy atom. The molecule has 6 aliphatic rings. The van der Waals surface area contributed by atoms with Crippen molar-refractivity contribution < 1.29 is 38.4 Å². The number of hydrogen-bond donors (Lipinski definition) is 2. The van der Waals surface area contributed by atoms with Crippen molar-refractivity contribution in [1.29, 1.82) is 0 Å². The largest absolute Gasteiger partial charge is 0.506 e. The third-order valence-electron chi connectivity index (χ3n) is 11.3. The minimum absolute atomic E-state index is 0.0307. The molecule has 3 aliphatic heterocycles. The van der Waals surface area contributed by atoms with Crippen LogP contribution in [0, 0.1) is 11.8 Å². The minimum Gasteiger partial charge on any atom is -0.506 e. The molecular weight excluding hydrogens is 658 g/mol. The second kappa shape index (κ2) is 13.6. The van der Waals surface area contributed by atoms with Gasteiger partial charge in [-0.1, -0.05) is 42.0 Å². The predicted molar refractivity (Wildman–Crippen MR) is 200 cm³/mol. The number of ether oxygens (including phenoxy) is 4. The summed E-state index contributed by atoms with van der Waals surface area (Å²) in [4.78, 5) is 42.6. The molecule has 0 aromatic heterocycles. The smallest absolute Gasteiger partial charge is 0.246 e. The van der Waals surface area contributed by atoms with Gasteiger partial charge in [-0.15, -0.1) is 0 Å². The number of carbonyl (C=O) groups excluding carboxylic acids is 3. The van der Waals surface area contributed by atoms with Crippen molar-refractivity contribution >= 4 is 23.5 Å². The van der Waals surface area contributed by atoms with Crippen molar-refractivity contribution in [1.82, 2.24) is 5.32 Å². The van der Waals surface area contributed by atoms with Crippen LogP contribution in [-0.2, 0) is 25.5 Å². The molecule has 1 saturated carbocycles. The van der Waals surface area contributed by atoms with Crippen molar-refractivity contribution in [2.24, 2.45) is 11.8 Å². The lowest BCUT2D eigenvalue weighted by Gasteiger charge is -2.56.